The minimum atomic E-state index is -4.07. The van der Waals surface area contributed by atoms with Crippen LogP contribution in [0.3, 0.4) is 0 Å². The Kier molecular flexibility index (Phi) is 3.25. The minimum absolute atomic E-state index is 0.241. The summed E-state index contributed by atoms with van der Waals surface area (Å²) >= 11 is 0. The number of nitrogens with two attached hydrogens (primary N) is 1. The van der Waals surface area contributed by atoms with Gasteiger partial charge in [0.2, 0.25) is 15.7 Å². The van der Waals surface area contributed by atoms with E-state index in [1.165, 1.54) is 0 Å². The van der Waals surface area contributed by atoms with E-state index >= 15 is 0 Å². The molecule has 110 valence electrons. The van der Waals surface area contributed by atoms with Crippen molar-refractivity contribution in [3.63, 3.8) is 0 Å². The van der Waals surface area contributed by atoms with Gasteiger partial charge in [0.05, 0.1) is 0 Å². The van der Waals surface area contributed by atoms with Gasteiger partial charge in [-0.05, 0) is 18.4 Å². The second-order valence-corrected chi connectivity index (χ2v) is 6.94. The van der Waals surface area contributed by atoms with Crippen LogP contribution in [0, 0.1) is 0 Å². The molecule has 1 saturated carbocycles. The number of H-pyrrole nitrogens is 1. The molecule has 1 fully saturated rings. The van der Waals surface area contributed by atoms with E-state index in [-0.39, 0.29) is 11.1 Å². The van der Waals surface area contributed by atoms with E-state index in [4.69, 9.17) is 5.73 Å². The van der Waals surface area contributed by atoms with Crippen molar-refractivity contribution in [2.75, 3.05) is 0 Å². The third kappa shape index (κ3) is 2.54. The lowest BCUT2D eigenvalue weighted by molar-refractivity contribution is -0.117. The summed E-state index contributed by atoms with van der Waals surface area (Å²) in [6.45, 7) is 0. The highest BCUT2D eigenvalue weighted by molar-refractivity contribution is 7.92. The van der Waals surface area contributed by atoms with Crippen molar-refractivity contribution in [1.29, 1.82) is 0 Å². The molecule has 1 amide bonds. The smallest absolute Gasteiger partial charge is 0.268 e. The summed E-state index contributed by atoms with van der Waals surface area (Å²) in [5.41, 5.74) is 5.60. The van der Waals surface area contributed by atoms with Crippen LogP contribution in [0.5, 0.6) is 0 Å². The highest BCUT2D eigenvalue weighted by atomic mass is 32.2. The van der Waals surface area contributed by atoms with Gasteiger partial charge in [0, 0.05) is 5.92 Å². The van der Waals surface area contributed by atoms with Crippen molar-refractivity contribution in [1.82, 2.24) is 15.2 Å². The zero-order chi connectivity index (χ0) is 15.0. The Morgan fingerprint density at radius 1 is 1.29 bits per heavy atom. The predicted molar refractivity (Wildman–Crippen MR) is 73.9 cm³/mol. The molecule has 0 spiro atoms. The predicted octanol–water partition coefficient (Wildman–Crippen LogP) is 0.682. The van der Waals surface area contributed by atoms with Crippen molar-refractivity contribution in [3.8, 4) is 0 Å². The number of nitrogens with one attached hydrogen (secondary N) is 1. The number of carbonyl (C=O) groups excluding carboxylic acids is 1. The monoisotopic (exact) mass is 306 g/mol. The lowest BCUT2D eigenvalue weighted by atomic mass is 10.1. The van der Waals surface area contributed by atoms with Crippen LogP contribution in [0.15, 0.2) is 35.5 Å². The van der Waals surface area contributed by atoms with Gasteiger partial charge in [0.25, 0.3) is 5.16 Å². The van der Waals surface area contributed by atoms with Crippen LogP contribution in [0.25, 0.3) is 0 Å². The highest BCUT2D eigenvalue weighted by Crippen LogP contribution is 2.38. The summed E-state index contributed by atoms with van der Waals surface area (Å²) in [6, 6.07) is 8.11. The molecule has 0 radical (unpaired) electrons. The number of carbonyl (C=O) groups is 1. The standard InChI is InChI=1S/C13H14N4O3S/c14-11(18)10(8-4-2-1-3-5-8)21(19,20)13-15-12(16-17-13)9-6-7-9/h1-5,9-10H,6-7H2,(H2,14,18)(H,15,16,17)/t10-/m0/s1. The lowest BCUT2D eigenvalue weighted by Crippen LogP contribution is -2.29. The fourth-order valence-electron chi connectivity index (χ4n) is 2.15. The number of rotatable bonds is 5. The van der Waals surface area contributed by atoms with Crippen LogP contribution in [-0.2, 0) is 14.6 Å². The molecular weight excluding hydrogens is 292 g/mol. The first kappa shape index (κ1) is 13.7. The summed E-state index contributed by atoms with van der Waals surface area (Å²) < 4.78 is 25.2. The van der Waals surface area contributed by atoms with Gasteiger partial charge in [-0.3, -0.25) is 9.89 Å². The number of hydrogen-bond donors (Lipinski definition) is 2. The minimum Gasteiger partial charge on any atom is -0.368 e. The number of amides is 1. The molecule has 3 N–H and O–H groups in total. The summed E-state index contributed by atoms with van der Waals surface area (Å²) in [6.07, 6.45) is 1.93. The normalized spacial score (nSPS) is 16.6. The van der Waals surface area contributed by atoms with E-state index in [2.05, 4.69) is 15.2 Å². The fourth-order valence-corrected chi connectivity index (χ4v) is 3.58. The third-order valence-corrected chi connectivity index (χ3v) is 5.19. The van der Waals surface area contributed by atoms with E-state index < -0.39 is 21.0 Å². The molecule has 1 aromatic carbocycles. The molecule has 7 nitrogen and oxygen atoms in total. The molecule has 21 heavy (non-hydrogen) atoms. The largest absolute Gasteiger partial charge is 0.368 e. The summed E-state index contributed by atoms with van der Waals surface area (Å²) in [5, 5.41) is 4.51. The third-order valence-electron chi connectivity index (χ3n) is 3.37. The molecule has 1 aliphatic rings. The van der Waals surface area contributed by atoms with Gasteiger partial charge in [-0.25, -0.2) is 13.4 Å². The quantitative estimate of drug-likeness (QED) is 0.842. The summed E-state index contributed by atoms with van der Waals surface area (Å²) in [5.74, 6) is -0.158. The first-order valence-corrected chi connectivity index (χ1v) is 8.05. The molecule has 1 aliphatic carbocycles. The second-order valence-electron chi connectivity index (χ2n) is 5.02. The molecule has 1 atom stereocenters. The van der Waals surface area contributed by atoms with Crippen LogP contribution in [0.2, 0.25) is 0 Å². The average molecular weight is 306 g/mol. The van der Waals surface area contributed by atoms with Gasteiger partial charge in [0.1, 0.15) is 5.82 Å². The van der Waals surface area contributed by atoms with Crippen molar-refractivity contribution >= 4 is 15.7 Å². The van der Waals surface area contributed by atoms with Crippen molar-refractivity contribution in [3.05, 3.63) is 41.7 Å². The first-order chi connectivity index (χ1) is 10.00. The number of hydrogen-bond acceptors (Lipinski definition) is 5. The highest BCUT2D eigenvalue weighted by Gasteiger charge is 2.38. The molecule has 0 unspecified atom stereocenters. The molecule has 1 heterocycles. The second kappa shape index (κ2) is 4.96. The van der Waals surface area contributed by atoms with E-state index in [0.717, 1.165) is 12.8 Å². The molecule has 0 bridgehead atoms. The van der Waals surface area contributed by atoms with Crippen LogP contribution in [-0.4, -0.2) is 29.5 Å². The Balaban J connectivity index is 2.02. The van der Waals surface area contributed by atoms with E-state index in [0.29, 0.717) is 11.4 Å². The zero-order valence-electron chi connectivity index (χ0n) is 11.1. The van der Waals surface area contributed by atoms with Crippen molar-refractivity contribution in [2.24, 2.45) is 5.73 Å². The van der Waals surface area contributed by atoms with Crippen molar-refractivity contribution in [2.45, 2.75) is 29.2 Å². The van der Waals surface area contributed by atoms with Gasteiger partial charge in [-0.15, -0.1) is 5.10 Å². The number of sulfone groups is 1. The Morgan fingerprint density at radius 2 is 1.95 bits per heavy atom. The van der Waals surface area contributed by atoms with Gasteiger partial charge >= 0.3 is 0 Å². The van der Waals surface area contributed by atoms with Crippen LogP contribution >= 0.6 is 0 Å². The summed E-state index contributed by atoms with van der Waals surface area (Å²) in [4.78, 5) is 15.7. The van der Waals surface area contributed by atoms with Gasteiger partial charge in [-0.2, -0.15) is 0 Å². The average Bonchev–Trinajstić information content (AvgIpc) is 3.16. The number of aromatic amines is 1. The van der Waals surface area contributed by atoms with Gasteiger partial charge in [0.15, 0.2) is 5.25 Å². The Hall–Kier alpha value is -2.22. The maximum absolute atomic E-state index is 12.6. The maximum atomic E-state index is 12.6. The van der Waals surface area contributed by atoms with E-state index in [1.807, 2.05) is 0 Å². The number of aromatic nitrogens is 3. The van der Waals surface area contributed by atoms with Crippen LogP contribution in [0.4, 0.5) is 0 Å². The maximum Gasteiger partial charge on any atom is 0.268 e. The molecular formula is C13H14N4O3S. The number of benzene rings is 1. The van der Waals surface area contributed by atoms with Crippen molar-refractivity contribution < 1.29 is 13.2 Å². The first-order valence-electron chi connectivity index (χ1n) is 6.50. The van der Waals surface area contributed by atoms with Crippen LogP contribution in [0.1, 0.15) is 35.4 Å². The van der Waals surface area contributed by atoms with E-state index in [9.17, 15) is 13.2 Å². The topological polar surface area (TPSA) is 119 Å². The molecule has 3 rings (SSSR count). The molecule has 8 heteroatoms. The molecule has 2 aromatic rings. The molecule has 0 aliphatic heterocycles. The fraction of sp³-hybridized carbons (Fsp3) is 0.308. The SMILES string of the molecule is NC(=O)[C@H](c1ccccc1)S(=O)(=O)c1n[nH]c(C2CC2)n1. The van der Waals surface area contributed by atoms with Gasteiger partial charge < -0.3 is 5.73 Å². The lowest BCUT2D eigenvalue weighted by Gasteiger charge is -2.12. The Bertz CT molecular complexity index is 766. The van der Waals surface area contributed by atoms with E-state index in [1.54, 1.807) is 30.3 Å². The number of nitrogens with zero attached hydrogens (tertiary/aromatic N) is 2. The van der Waals surface area contributed by atoms with Crippen LogP contribution < -0.4 is 5.73 Å². The molecule has 0 saturated heterocycles. The Morgan fingerprint density at radius 3 is 2.52 bits per heavy atom. The zero-order valence-corrected chi connectivity index (χ0v) is 11.9. The Labute approximate surface area is 121 Å². The summed E-state index contributed by atoms with van der Waals surface area (Å²) in [7, 11) is -4.07. The molecule has 1 aromatic heterocycles. The van der Waals surface area contributed by atoms with Gasteiger partial charge in [-0.1, -0.05) is 30.3 Å². The number of primary amides is 1.